The summed E-state index contributed by atoms with van der Waals surface area (Å²) in [6.45, 7) is 12.1. The lowest BCUT2D eigenvalue weighted by molar-refractivity contribution is -0.117. The van der Waals surface area contributed by atoms with Crippen molar-refractivity contribution in [2.75, 3.05) is 6.61 Å². The Morgan fingerprint density at radius 3 is 2.33 bits per heavy atom. The van der Waals surface area contributed by atoms with Gasteiger partial charge < -0.3 is 4.43 Å². The molecule has 0 amide bonds. The van der Waals surface area contributed by atoms with Gasteiger partial charge in [-0.3, -0.25) is 4.79 Å². The van der Waals surface area contributed by atoms with Gasteiger partial charge in [-0.05, 0) is 35.5 Å². The minimum absolute atomic E-state index is 0.220. The molecule has 0 aliphatic heterocycles. The highest BCUT2D eigenvalue weighted by Crippen LogP contribution is 2.41. The van der Waals surface area contributed by atoms with E-state index < -0.39 is 8.32 Å². The van der Waals surface area contributed by atoms with Crippen molar-refractivity contribution in [1.82, 2.24) is 0 Å². The van der Waals surface area contributed by atoms with Gasteiger partial charge >= 0.3 is 0 Å². The van der Waals surface area contributed by atoms with Crippen LogP contribution in [-0.2, 0) is 9.22 Å². The Bertz CT molecular complexity index is 488. The van der Waals surface area contributed by atoms with E-state index in [1.807, 2.05) is 6.07 Å². The maximum absolute atomic E-state index is 11.9. The first kappa shape index (κ1) is 16.4. The number of carbonyl (C=O) groups is 1. The predicted molar refractivity (Wildman–Crippen MR) is 90.1 cm³/mol. The Morgan fingerprint density at radius 2 is 1.76 bits per heavy atom. The number of hydrogen-bond donors (Lipinski definition) is 0. The fourth-order valence-corrected chi connectivity index (χ4v) is 3.79. The van der Waals surface area contributed by atoms with Crippen LogP contribution in [0.25, 0.3) is 0 Å². The molecule has 1 aromatic rings. The van der Waals surface area contributed by atoms with Crippen LogP contribution in [0.5, 0.6) is 0 Å². The van der Waals surface area contributed by atoms with Crippen molar-refractivity contribution in [3.8, 4) is 0 Å². The number of ketones is 1. The summed E-state index contributed by atoms with van der Waals surface area (Å²) < 4.78 is 6.36. The average molecular weight is 305 g/mol. The molecule has 0 heterocycles. The summed E-state index contributed by atoms with van der Waals surface area (Å²) in [5.41, 5.74) is 1.28. The van der Waals surface area contributed by atoms with Gasteiger partial charge in [0.25, 0.3) is 0 Å². The van der Waals surface area contributed by atoms with Crippen molar-refractivity contribution in [1.29, 1.82) is 0 Å². The Morgan fingerprint density at radius 1 is 1.14 bits per heavy atom. The van der Waals surface area contributed by atoms with E-state index in [9.17, 15) is 4.79 Å². The minimum Gasteiger partial charge on any atom is -0.417 e. The van der Waals surface area contributed by atoms with E-state index in [4.69, 9.17) is 4.43 Å². The number of benzene rings is 1. The molecule has 2 nitrogen and oxygen atoms in total. The van der Waals surface area contributed by atoms with Gasteiger partial charge in [-0.1, -0.05) is 51.1 Å². The standard InChI is InChI=1S/C18H28O2Si/c1-18(2,3)21(4,5)20-13-15-11-16(19)12-17(15)14-9-7-6-8-10-14/h6-10,15,17H,11-13H2,1-5H3/t15-,17-/m0/s1. The van der Waals surface area contributed by atoms with Crippen LogP contribution in [-0.4, -0.2) is 20.7 Å². The van der Waals surface area contributed by atoms with Crippen LogP contribution >= 0.6 is 0 Å². The molecule has 1 aromatic carbocycles. The van der Waals surface area contributed by atoms with Crippen molar-refractivity contribution < 1.29 is 9.22 Å². The molecule has 0 bridgehead atoms. The molecule has 3 heteroatoms. The zero-order valence-electron chi connectivity index (χ0n) is 14.0. The molecule has 0 aromatic heterocycles. The highest BCUT2D eigenvalue weighted by Gasteiger charge is 2.40. The summed E-state index contributed by atoms with van der Waals surface area (Å²) in [7, 11) is -1.74. The van der Waals surface area contributed by atoms with E-state index >= 15 is 0 Å². The fraction of sp³-hybridized carbons (Fsp3) is 0.611. The van der Waals surface area contributed by atoms with Gasteiger partial charge in [0, 0.05) is 19.4 Å². The first-order chi connectivity index (χ1) is 9.71. The van der Waals surface area contributed by atoms with Gasteiger partial charge in [0.1, 0.15) is 5.78 Å². The molecule has 0 N–H and O–H groups in total. The van der Waals surface area contributed by atoms with Crippen LogP contribution in [0.4, 0.5) is 0 Å². The smallest absolute Gasteiger partial charge is 0.191 e. The largest absolute Gasteiger partial charge is 0.417 e. The summed E-state index contributed by atoms with van der Waals surface area (Å²) in [5, 5.41) is 0.220. The highest BCUT2D eigenvalue weighted by atomic mass is 28.4. The third kappa shape index (κ3) is 3.83. The molecular weight excluding hydrogens is 276 g/mol. The Kier molecular flexibility index (Phi) is 4.74. The van der Waals surface area contributed by atoms with Gasteiger partial charge in [0.15, 0.2) is 8.32 Å². The van der Waals surface area contributed by atoms with Crippen LogP contribution < -0.4 is 0 Å². The van der Waals surface area contributed by atoms with Gasteiger partial charge in [-0.25, -0.2) is 0 Å². The number of Topliss-reactive ketones (excluding diaryl/α,β-unsaturated/α-hetero) is 1. The van der Waals surface area contributed by atoms with E-state index in [1.54, 1.807) is 0 Å². The first-order valence-corrected chi connectivity index (χ1v) is 10.8. The maximum atomic E-state index is 11.9. The number of carbonyl (C=O) groups excluding carboxylic acids is 1. The molecule has 116 valence electrons. The third-order valence-electron chi connectivity index (χ3n) is 5.20. The van der Waals surface area contributed by atoms with Gasteiger partial charge in [0.05, 0.1) is 0 Å². The van der Waals surface area contributed by atoms with Crippen LogP contribution in [0, 0.1) is 5.92 Å². The minimum atomic E-state index is -1.74. The molecule has 1 fully saturated rings. The molecule has 21 heavy (non-hydrogen) atoms. The lowest BCUT2D eigenvalue weighted by Crippen LogP contribution is -2.42. The highest BCUT2D eigenvalue weighted by molar-refractivity contribution is 6.74. The topological polar surface area (TPSA) is 26.3 Å². The lowest BCUT2D eigenvalue weighted by atomic mass is 9.89. The number of hydrogen-bond acceptors (Lipinski definition) is 2. The first-order valence-electron chi connectivity index (χ1n) is 7.91. The van der Waals surface area contributed by atoms with Crippen molar-refractivity contribution in [2.45, 2.75) is 57.7 Å². The quantitative estimate of drug-likeness (QED) is 0.749. The second-order valence-corrected chi connectivity index (χ2v) is 12.6. The summed E-state index contributed by atoms with van der Waals surface area (Å²) in [6, 6.07) is 10.4. The molecule has 0 spiro atoms. The molecule has 1 aliphatic carbocycles. The molecule has 0 saturated heterocycles. The van der Waals surface area contributed by atoms with Crippen molar-refractivity contribution in [3.05, 3.63) is 35.9 Å². The summed E-state index contributed by atoms with van der Waals surface area (Å²) in [5.74, 6) is 1.06. The van der Waals surface area contributed by atoms with Gasteiger partial charge in [-0.2, -0.15) is 0 Å². The summed E-state index contributed by atoms with van der Waals surface area (Å²) >= 11 is 0. The van der Waals surface area contributed by atoms with Gasteiger partial charge in [-0.15, -0.1) is 0 Å². The molecule has 0 radical (unpaired) electrons. The molecular formula is C18H28O2Si. The van der Waals surface area contributed by atoms with E-state index in [0.717, 1.165) is 6.61 Å². The molecule has 1 aliphatic rings. The average Bonchev–Trinajstić information content (AvgIpc) is 2.77. The zero-order valence-corrected chi connectivity index (χ0v) is 15.0. The SMILES string of the molecule is CC(C)(C)[Si](C)(C)OC[C@@H]1CC(=O)C[C@H]1c1ccccc1. The van der Waals surface area contributed by atoms with Crippen LogP contribution in [0.3, 0.4) is 0 Å². The zero-order chi connectivity index (χ0) is 15.7. The maximum Gasteiger partial charge on any atom is 0.191 e. The summed E-state index contributed by atoms with van der Waals surface area (Å²) in [4.78, 5) is 11.9. The summed E-state index contributed by atoms with van der Waals surface area (Å²) in [6.07, 6.45) is 1.35. The Balaban J connectivity index is 2.06. The second kappa shape index (κ2) is 6.05. The van der Waals surface area contributed by atoms with Crippen molar-refractivity contribution in [3.63, 3.8) is 0 Å². The van der Waals surface area contributed by atoms with Gasteiger partial charge in [0.2, 0.25) is 0 Å². The Labute approximate surface area is 130 Å². The van der Waals surface area contributed by atoms with Crippen molar-refractivity contribution in [2.24, 2.45) is 5.92 Å². The van der Waals surface area contributed by atoms with Crippen LogP contribution in [0.2, 0.25) is 18.1 Å². The van der Waals surface area contributed by atoms with E-state index in [1.165, 1.54) is 5.56 Å². The van der Waals surface area contributed by atoms with Crippen LogP contribution in [0.15, 0.2) is 30.3 Å². The van der Waals surface area contributed by atoms with E-state index in [-0.39, 0.29) is 5.04 Å². The normalized spacial score (nSPS) is 23.6. The van der Waals surface area contributed by atoms with Crippen LogP contribution in [0.1, 0.15) is 45.1 Å². The van der Waals surface area contributed by atoms with E-state index in [2.05, 4.69) is 58.1 Å². The molecule has 1 saturated carbocycles. The van der Waals surface area contributed by atoms with E-state index in [0.29, 0.717) is 30.5 Å². The second-order valence-electron chi connectivity index (χ2n) is 7.80. The third-order valence-corrected chi connectivity index (χ3v) is 9.70. The molecule has 0 unspecified atom stereocenters. The predicted octanol–water partition coefficient (Wildman–Crippen LogP) is 4.77. The number of rotatable bonds is 4. The monoisotopic (exact) mass is 304 g/mol. The fourth-order valence-electron chi connectivity index (χ4n) is 2.73. The molecule has 2 atom stereocenters. The Hall–Kier alpha value is -0.933. The molecule has 2 rings (SSSR count). The van der Waals surface area contributed by atoms with Crippen molar-refractivity contribution >= 4 is 14.1 Å². The lowest BCUT2D eigenvalue weighted by Gasteiger charge is -2.37.